The number of rotatable bonds is 4. The Hall–Kier alpha value is -7.02. The van der Waals surface area contributed by atoms with E-state index in [1.165, 1.54) is 109 Å². The third-order valence-electron chi connectivity index (χ3n) is 11.5. The zero-order valence-electron chi connectivity index (χ0n) is 29.6. The van der Waals surface area contributed by atoms with Crippen molar-refractivity contribution in [3.05, 3.63) is 206 Å². The van der Waals surface area contributed by atoms with E-state index in [-0.39, 0.29) is 0 Å². The lowest BCUT2D eigenvalue weighted by Gasteiger charge is -2.23. The highest BCUT2D eigenvalue weighted by atomic mass is 14.3. The molecule has 0 aliphatic heterocycles. The Morgan fingerprint density at radius 3 is 1.13 bits per heavy atom. The SMILES string of the molecule is c1ccc(-c2cccc3ccccc23)c(-c2ccc3c4ccccc4c4ccc5ccccc5c4c3c2-c2ccccc2-c2cccc3ccccc23)c1. The van der Waals surface area contributed by atoms with Gasteiger partial charge < -0.3 is 0 Å². The molecule has 0 aromatic heterocycles. The number of benzene rings is 11. The fourth-order valence-electron chi connectivity index (χ4n) is 9.12. The van der Waals surface area contributed by atoms with Crippen LogP contribution in [0.15, 0.2) is 206 Å². The molecular weight excluding hydrogens is 649 g/mol. The largest absolute Gasteiger partial charge is 0.0616 e. The molecule has 0 nitrogen and oxygen atoms in total. The van der Waals surface area contributed by atoms with Crippen LogP contribution in [0.25, 0.3) is 109 Å². The van der Waals surface area contributed by atoms with E-state index in [4.69, 9.17) is 0 Å². The molecule has 0 atom stereocenters. The van der Waals surface area contributed by atoms with Crippen LogP contribution in [0.3, 0.4) is 0 Å². The zero-order valence-corrected chi connectivity index (χ0v) is 29.6. The van der Waals surface area contributed by atoms with Crippen molar-refractivity contribution in [1.82, 2.24) is 0 Å². The molecule has 0 amide bonds. The van der Waals surface area contributed by atoms with Gasteiger partial charge in [-0.2, -0.15) is 0 Å². The molecule has 0 N–H and O–H groups in total. The summed E-state index contributed by atoms with van der Waals surface area (Å²) < 4.78 is 0. The minimum atomic E-state index is 1.22. The van der Waals surface area contributed by atoms with Crippen molar-refractivity contribution >= 4 is 64.6 Å². The van der Waals surface area contributed by atoms with Crippen molar-refractivity contribution < 1.29 is 0 Å². The summed E-state index contributed by atoms with van der Waals surface area (Å²) in [4.78, 5) is 0. The summed E-state index contributed by atoms with van der Waals surface area (Å²) in [7, 11) is 0. The van der Waals surface area contributed by atoms with Gasteiger partial charge in [-0.25, -0.2) is 0 Å². The van der Waals surface area contributed by atoms with Crippen LogP contribution >= 0.6 is 0 Å². The summed E-state index contributed by atoms with van der Waals surface area (Å²) in [6.45, 7) is 0. The predicted molar refractivity (Wildman–Crippen MR) is 233 cm³/mol. The van der Waals surface area contributed by atoms with Crippen LogP contribution in [-0.2, 0) is 0 Å². The van der Waals surface area contributed by atoms with E-state index in [0.717, 1.165) is 0 Å². The Bertz CT molecular complexity index is 3260. The maximum absolute atomic E-state index is 2.39. The summed E-state index contributed by atoms with van der Waals surface area (Å²) in [6, 6.07) is 76.3. The molecule has 0 unspecified atom stereocenters. The van der Waals surface area contributed by atoms with Gasteiger partial charge in [0.1, 0.15) is 0 Å². The summed E-state index contributed by atoms with van der Waals surface area (Å²) in [5.41, 5.74) is 9.88. The molecule has 0 bridgehead atoms. The molecule has 0 aliphatic rings. The third kappa shape index (κ3) is 4.64. The number of hydrogen-bond acceptors (Lipinski definition) is 0. The van der Waals surface area contributed by atoms with Crippen LogP contribution in [-0.4, -0.2) is 0 Å². The molecule has 0 saturated carbocycles. The fourth-order valence-corrected chi connectivity index (χ4v) is 9.12. The molecule has 11 rings (SSSR count). The van der Waals surface area contributed by atoms with Crippen LogP contribution in [0.4, 0.5) is 0 Å². The van der Waals surface area contributed by atoms with E-state index in [0.29, 0.717) is 0 Å². The highest BCUT2D eigenvalue weighted by Crippen LogP contribution is 2.50. The van der Waals surface area contributed by atoms with Crippen molar-refractivity contribution in [2.24, 2.45) is 0 Å². The van der Waals surface area contributed by atoms with Crippen molar-refractivity contribution in [3.8, 4) is 44.5 Å². The van der Waals surface area contributed by atoms with Gasteiger partial charge in [0.2, 0.25) is 0 Å². The molecule has 54 heavy (non-hydrogen) atoms. The van der Waals surface area contributed by atoms with Crippen molar-refractivity contribution in [2.45, 2.75) is 0 Å². The molecule has 0 aliphatic carbocycles. The lowest BCUT2D eigenvalue weighted by Crippen LogP contribution is -1.95. The molecule has 0 radical (unpaired) electrons. The Labute approximate surface area is 314 Å². The van der Waals surface area contributed by atoms with Gasteiger partial charge in [-0.1, -0.05) is 206 Å². The summed E-state index contributed by atoms with van der Waals surface area (Å²) in [6.07, 6.45) is 0. The van der Waals surface area contributed by atoms with Crippen molar-refractivity contribution in [1.29, 1.82) is 0 Å². The summed E-state index contributed by atoms with van der Waals surface area (Å²) >= 11 is 0. The molecule has 250 valence electrons. The normalized spacial score (nSPS) is 11.7. The van der Waals surface area contributed by atoms with Crippen LogP contribution in [0.2, 0.25) is 0 Å². The second-order valence-corrected chi connectivity index (χ2v) is 14.3. The molecule has 0 heterocycles. The maximum atomic E-state index is 2.39. The summed E-state index contributed by atoms with van der Waals surface area (Å²) in [5, 5.41) is 15.2. The second-order valence-electron chi connectivity index (χ2n) is 14.3. The van der Waals surface area contributed by atoms with Gasteiger partial charge in [-0.15, -0.1) is 0 Å². The lowest BCUT2D eigenvalue weighted by atomic mass is 9.80. The quantitative estimate of drug-likeness (QED) is 0.162. The van der Waals surface area contributed by atoms with Crippen molar-refractivity contribution in [3.63, 3.8) is 0 Å². The van der Waals surface area contributed by atoms with E-state index >= 15 is 0 Å². The first-order valence-corrected chi connectivity index (χ1v) is 18.8. The Morgan fingerprint density at radius 1 is 0.167 bits per heavy atom. The fraction of sp³-hybridized carbons (Fsp3) is 0. The first-order chi connectivity index (χ1) is 26.8. The van der Waals surface area contributed by atoms with Crippen LogP contribution in [0.5, 0.6) is 0 Å². The molecule has 11 aromatic carbocycles. The number of hydrogen-bond donors (Lipinski definition) is 0. The van der Waals surface area contributed by atoms with Crippen LogP contribution in [0.1, 0.15) is 0 Å². The van der Waals surface area contributed by atoms with Gasteiger partial charge in [0.15, 0.2) is 0 Å². The minimum Gasteiger partial charge on any atom is -0.0616 e. The van der Waals surface area contributed by atoms with E-state index in [9.17, 15) is 0 Å². The zero-order chi connectivity index (χ0) is 35.6. The van der Waals surface area contributed by atoms with E-state index in [2.05, 4.69) is 206 Å². The minimum absolute atomic E-state index is 1.22. The van der Waals surface area contributed by atoms with Gasteiger partial charge in [-0.3, -0.25) is 0 Å². The third-order valence-corrected chi connectivity index (χ3v) is 11.5. The Balaban J connectivity index is 1.37. The molecule has 0 spiro atoms. The molecule has 0 fully saturated rings. The van der Waals surface area contributed by atoms with E-state index < -0.39 is 0 Å². The Morgan fingerprint density at radius 2 is 0.537 bits per heavy atom. The van der Waals surface area contributed by atoms with E-state index in [1.807, 2.05) is 0 Å². The molecular formula is C54H34. The molecule has 0 saturated heterocycles. The standard InChI is InChI=1S/C54H34/c1-4-20-38-35(15-1)18-13-29-41(38)43-23-7-8-25-45(43)50-33-34-51-47-27-10-9-26-46(47)49-32-31-37-17-3-6-22-40(37)52(49)54(51)53(50)48-28-12-11-24-44(48)42-30-14-19-36-16-2-5-21-39(36)42/h1-34H. The first-order valence-electron chi connectivity index (χ1n) is 18.8. The average molecular weight is 683 g/mol. The average Bonchev–Trinajstić information content (AvgIpc) is 3.25. The highest BCUT2D eigenvalue weighted by molar-refractivity contribution is 6.35. The monoisotopic (exact) mass is 682 g/mol. The van der Waals surface area contributed by atoms with E-state index in [1.54, 1.807) is 0 Å². The number of fused-ring (bicyclic) bond motifs is 10. The second kappa shape index (κ2) is 12.3. The smallest absolute Gasteiger partial charge is 0.000764 e. The van der Waals surface area contributed by atoms with Crippen molar-refractivity contribution in [2.75, 3.05) is 0 Å². The lowest BCUT2D eigenvalue weighted by molar-refractivity contribution is 1.59. The van der Waals surface area contributed by atoms with Crippen LogP contribution in [0, 0.1) is 0 Å². The maximum Gasteiger partial charge on any atom is -0.000764 e. The van der Waals surface area contributed by atoms with Gasteiger partial charge in [0.25, 0.3) is 0 Å². The predicted octanol–water partition coefficient (Wildman–Crippen LogP) is 15.3. The summed E-state index contributed by atoms with van der Waals surface area (Å²) in [5.74, 6) is 0. The topological polar surface area (TPSA) is 0 Å². The van der Waals surface area contributed by atoms with Gasteiger partial charge >= 0.3 is 0 Å². The van der Waals surface area contributed by atoms with Gasteiger partial charge in [0.05, 0.1) is 0 Å². The molecule has 11 aromatic rings. The van der Waals surface area contributed by atoms with Crippen LogP contribution < -0.4 is 0 Å². The molecule has 0 heteroatoms. The Kier molecular flexibility index (Phi) is 6.97. The first kappa shape index (κ1) is 30.6. The van der Waals surface area contributed by atoms with Gasteiger partial charge in [0, 0.05) is 0 Å². The highest BCUT2D eigenvalue weighted by Gasteiger charge is 2.23. The van der Waals surface area contributed by atoms with Gasteiger partial charge in [-0.05, 0) is 109 Å².